The van der Waals surface area contributed by atoms with E-state index >= 15 is 0 Å². The van der Waals surface area contributed by atoms with Gasteiger partial charge < -0.3 is 19.5 Å². The van der Waals surface area contributed by atoms with E-state index in [1.807, 2.05) is 40.8 Å². The number of hydrogen-bond acceptors (Lipinski definition) is 6. The molecule has 0 radical (unpaired) electrons. The number of aromatic nitrogens is 2. The Labute approximate surface area is 245 Å². The number of para-hydroxylation sites is 1. The number of hydrogen-bond donors (Lipinski definition) is 1. The number of thiazole rings is 1. The molecule has 0 aliphatic carbocycles. The summed E-state index contributed by atoms with van der Waals surface area (Å²) >= 11 is 14.6. The van der Waals surface area contributed by atoms with Crippen molar-refractivity contribution in [3.63, 3.8) is 0 Å². The molecule has 5 rings (SSSR count). The number of aryl methyl sites for hydroxylation is 2. The average molecular weight is 600 g/mol. The molecule has 40 heavy (non-hydrogen) atoms. The van der Waals surface area contributed by atoms with Crippen LogP contribution in [0.2, 0.25) is 10.0 Å². The van der Waals surface area contributed by atoms with E-state index in [-0.39, 0.29) is 30.2 Å². The first-order chi connectivity index (χ1) is 19.2. The maximum atomic E-state index is 13.4. The van der Waals surface area contributed by atoms with Crippen LogP contribution < -0.4 is 5.32 Å². The fourth-order valence-corrected chi connectivity index (χ4v) is 6.57. The molecule has 1 N–H and O–H groups in total. The molecule has 0 saturated carbocycles. The lowest BCUT2D eigenvalue weighted by Gasteiger charge is -2.23. The van der Waals surface area contributed by atoms with Crippen LogP contribution in [0.5, 0.6) is 0 Å². The summed E-state index contributed by atoms with van der Waals surface area (Å²) < 4.78 is 6.61. The Morgan fingerprint density at radius 3 is 2.77 bits per heavy atom. The van der Waals surface area contributed by atoms with Gasteiger partial charge in [0.1, 0.15) is 5.01 Å². The molecule has 0 bridgehead atoms. The number of halogens is 2. The number of ether oxygens (including phenoxy) is 1. The zero-order valence-electron chi connectivity index (χ0n) is 22.1. The van der Waals surface area contributed by atoms with E-state index in [1.165, 1.54) is 18.4 Å². The molecule has 4 aromatic rings. The molecular formula is C29H28Cl2N4O4S. The number of rotatable bonds is 8. The highest BCUT2D eigenvalue weighted by atomic mass is 35.5. The third-order valence-electron chi connectivity index (χ3n) is 7.10. The minimum Gasteiger partial charge on any atom is -0.469 e. The Bertz CT molecular complexity index is 1600. The van der Waals surface area contributed by atoms with Crippen molar-refractivity contribution in [1.29, 1.82) is 0 Å². The maximum Gasteiger partial charge on any atom is 0.305 e. The Morgan fingerprint density at radius 1 is 1.18 bits per heavy atom. The number of esters is 1. The second kappa shape index (κ2) is 12.0. The molecule has 2 aromatic heterocycles. The van der Waals surface area contributed by atoms with Crippen LogP contribution in [0.3, 0.4) is 0 Å². The summed E-state index contributed by atoms with van der Waals surface area (Å²) in [4.78, 5) is 45.3. The lowest BCUT2D eigenvalue weighted by Crippen LogP contribution is -2.31. The fourth-order valence-electron chi connectivity index (χ4n) is 5.04. The van der Waals surface area contributed by atoms with Crippen LogP contribution >= 0.6 is 34.5 Å². The molecule has 2 amide bonds. The van der Waals surface area contributed by atoms with E-state index in [1.54, 1.807) is 24.5 Å². The fraction of sp³-hybridized carbons (Fsp3) is 0.310. The van der Waals surface area contributed by atoms with Gasteiger partial charge in [-0.05, 0) is 43.0 Å². The zero-order valence-corrected chi connectivity index (χ0v) is 24.4. The van der Waals surface area contributed by atoms with Gasteiger partial charge >= 0.3 is 5.97 Å². The standard InChI is InChI=1S/C29H28Cl2N4O4S/c1-34-16-20(19-6-3-4-7-24(19)34)28(38)33-23-14-21(30)17(12-22(23)31)13-26(36)35-11-5-8-25(35)29-32-15-18(40-29)9-10-27(37)39-2/h3-4,6-7,12,14-16,25H,5,8-11,13H2,1-2H3,(H,33,38)/t25-/m0/s1. The molecule has 1 aliphatic heterocycles. The minimum atomic E-state index is -0.298. The summed E-state index contributed by atoms with van der Waals surface area (Å²) in [6.45, 7) is 0.630. The van der Waals surface area contributed by atoms with Crippen molar-refractivity contribution in [2.75, 3.05) is 19.0 Å². The number of carbonyl (C=O) groups excluding carboxylic acids is 3. The summed E-state index contributed by atoms with van der Waals surface area (Å²) in [5.74, 6) is -0.630. The van der Waals surface area contributed by atoms with Crippen LogP contribution in [0, 0.1) is 0 Å². The van der Waals surface area contributed by atoms with E-state index < -0.39 is 0 Å². The van der Waals surface area contributed by atoms with E-state index in [4.69, 9.17) is 27.9 Å². The summed E-state index contributed by atoms with van der Waals surface area (Å²) in [5.41, 5.74) is 2.44. The van der Waals surface area contributed by atoms with E-state index in [0.29, 0.717) is 46.2 Å². The number of nitrogens with one attached hydrogen (secondary N) is 1. The predicted molar refractivity (Wildman–Crippen MR) is 157 cm³/mol. The summed E-state index contributed by atoms with van der Waals surface area (Å²) in [5, 5.41) is 5.21. The Kier molecular flexibility index (Phi) is 8.44. The number of amides is 2. The van der Waals surface area contributed by atoms with Gasteiger partial charge in [-0.25, -0.2) is 4.98 Å². The number of methoxy groups -OCH3 is 1. The highest BCUT2D eigenvalue weighted by Gasteiger charge is 2.32. The third-order valence-corrected chi connectivity index (χ3v) is 8.92. The summed E-state index contributed by atoms with van der Waals surface area (Å²) in [6.07, 6.45) is 6.18. The van der Waals surface area contributed by atoms with Crippen molar-refractivity contribution in [3.8, 4) is 0 Å². The quantitative estimate of drug-likeness (QED) is 0.243. The van der Waals surface area contributed by atoms with Crippen molar-refractivity contribution in [2.45, 2.75) is 38.1 Å². The second-order valence-corrected chi connectivity index (χ2v) is 11.7. The monoisotopic (exact) mass is 598 g/mol. The number of carbonyl (C=O) groups is 3. The zero-order chi connectivity index (χ0) is 28.4. The molecule has 208 valence electrons. The van der Waals surface area contributed by atoms with Crippen LogP contribution in [-0.2, 0) is 34.2 Å². The molecule has 0 unspecified atom stereocenters. The molecule has 8 nitrogen and oxygen atoms in total. The molecule has 3 heterocycles. The first kappa shape index (κ1) is 28.1. The summed E-state index contributed by atoms with van der Waals surface area (Å²) in [7, 11) is 3.26. The van der Waals surface area contributed by atoms with Gasteiger partial charge in [0.15, 0.2) is 0 Å². The number of likely N-dealkylation sites (tertiary alicyclic amines) is 1. The van der Waals surface area contributed by atoms with Gasteiger partial charge in [-0.2, -0.15) is 0 Å². The Hall–Kier alpha value is -3.40. The lowest BCUT2D eigenvalue weighted by atomic mass is 10.1. The van der Waals surface area contributed by atoms with Crippen LogP contribution in [0.1, 0.15) is 51.1 Å². The SMILES string of the molecule is COC(=O)CCc1cnc([C@@H]2CCCN2C(=O)Cc2cc(Cl)c(NC(=O)c3cn(C)c4ccccc34)cc2Cl)s1. The molecule has 1 fully saturated rings. The highest BCUT2D eigenvalue weighted by Crippen LogP contribution is 2.36. The largest absolute Gasteiger partial charge is 0.469 e. The van der Waals surface area contributed by atoms with Crippen molar-refractivity contribution in [3.05, 3.63) is 79.8 Å². The molecule has 0 spiro atoms. The third kappa shape index (κ3) is 5.87. The minimum absolute atomic E-state index is 0.0701. The van der Waals surface area contributed by atoms with Crippen LogP contribution in [0.15, 0.2) is 48.8 Å². The second-order valence-electron chi connectivity index (χ2n) is 9.71. The lowest BCUT2D eigenvalue weighted by molar-refractivity contribution is -0.140. The normalized spacial score (nSPS) is 15.0. The first-order valence-corrected chi connectivity index (χ1v) is 14.5. The highest BCUT2D eigenvalue weighted by molar-refractivity contribution is 7.11. The van der Waals surface area contributed by atoms with Gasteiger partial charge in [0.05, 0.1) is 42.3 Å². The van der Waals surface area contributed by atoms with E-state index in [2.05, 4.69) is 10.3 Å². The number of nitrogens with zero attached hydrogens (tertiary/aromatic N) is 3. The molecule has 1 atom stereocenters. The van der Waals surface area contributed by atoms with Crippen molar-refractivity contribution >= 4 is 68.9 Å². The molecule has 1 aliphatic rings. The van der Waals surface area contributed by atoms with Crippen LogP contribution in [0.25, 0.3) is 10.9 Å². The average Bonchev–Trinajstić information content (AvgIpc) is 3.69. The maximum absolute atomic E-state index is 13.4. The Balaban J connectivity index is 1.27. The van der Waals surface area contributed by atoms with Crippen LogP contribution in [0.4, 0.5) is 5.69 Å². The Morgan fingerprint density at radius 2 is 1.98 bits per heavy atom. The van der Waals surface area contributed by atoms with Gasteiger partial charge in [0.25, 0.3) is 5.91 Å². The molecule has 11 heteroatoms. The van der Waals surface area contributed by atoms with E-state index in [9.17, 15) is 14.4 Å². The van der Waals surface area contributed by atoms with Crippen molar-refractivity contribution in [2.24, 2.45) is 7.05 Å². The van der Waals surface area contributed by atoms with Gasteiger partial charge in [-0.3, -0.25) is 14.4 Å². The van der Waals surface area contributed by atoms with Gasteiger partial charge in [0.2, 0.25) is 5.91 Å². The molecular weight excluding hydrogens is 571 g/mol. The summed E-state index contributed by atoms with van der Waals surface area (Å²) in [6, 6.07) is 10.8. The molecule has 2 aromatic carbocycles. The van der Waals surface area contributed by atoms with Crippen molar-refractivity contribution < 1.29 is 19.1 Å². The first-order valence-electron chi connectivity index (χ1n) is 12.9. The van der Waals surface area contributed by atoms with Gasteiger partial charge in [0, 0.05) is 46.8 Å². The van der Waals surface area contributed by atoms with E-state index in [0.717, 1.165) is 33.6 Å². The molecule has 1 saturated heterocycles. The van der Waals surface area contributed by atoms with Gasteiger partial charge in [-0.15, -0.1) is 11.3 Å². The van der Waals surface area contributed by atoms with Crippen molar-refractivity contribution in [1.82, 2.24) is 14.5 Å². The number of anilines is 1. The topological polar surface area (TPSA) is 93.5 Å². The van der Waals surface area contributed by atoms with Gasteiger partial charge in [-0.1, -0.05) is 41.4 Å². The van der Waals surface area contributed by atoms with Crippen LogP contribution in [-0.4, -0.2) is 45.9 Å². The number of benzene rings is 2. The predicted octanol–water partition coefficient (Wildman–Crippen LogP) is 6.21. The number of fused-ring (bicyclic) bond motifs is 1. The smallest absolute Gasteiger partial charge is 0.305 e.